The molecule has 0 aliphatic heterocycles. The lowest BCUT2D eigenvalue weighted by atomic mass is 9.78. The van der Waals surface area contributed by atoms with Gasteiger partial charge < -0.3 is 20.4 Å². The lowest BCUT2D eigenvalue weighted by Crippen LogP contribution is -2.66. The highest BCUT2D eigenvalue weighted by atomic mass is 19.3. The Morgan fingerprint density at radius 2 is 1.71 bits per heavy atom. The third-order valence-electron chi connectivity index (χ3n) is 3.58. The van der Waals surface area contributed by atoms with Gasteiger partial charge in [0.25, 0.3) is 0 Å². The Kier molecular flexibility index (Phi) is 4.25. The molecule has 0 bridgehead atoms. The van der Waals surface area contributed by atoms with Crippen molar-refractivity contribution in [3.8, 4) is 0 Å². The average Bonchev–Trinajstić information content (AvgIpc) is 2.49. The minimum absolute atomic E-state index is 0.227. The van der Waals surface area contributed by atoms with Crippen molar-refractivity contribution >= 4 is 6.08 Å². The Labute approximate surface area is 120 Å². The molecule has 1 aliphatic rings. The Morgan fingerprint density at radius 1 is 1.10 bits per heavy atom. The van der Waals surface area contributed by atoms with Crippen molar-refractivity contribution in [2.45, 2.75) is 23.7 Å². The van der Waals surface area contributed by atoms with Gasteiger partial charge in [-0.3, -0.25) is 0 Å². The molecule has 1 aromatic rings. The lowest BCUT2D eigenvalue weighted by molar-refractivity contribution is -0.266. The topological polar surface area (TPSA) is 80.9 Å². The van der Waals surface area contributed by atoms with Crippen molar-refractivity contribution in [2.75, 3.05) is 6.61 Å². The maximum absolute atomic E-state index is 14.0. The van der Waals surface area contributed by atoms with Gasteiger partial charge in [0, 0.05) is 0 Å². The molecule has 1 aliphatic carbocycles. The predicted molar refractivity (Wildman–Crippen MR) is 72.6 cm³/mol. The van der Waals surface area contributed by atoms with E-state index in [9.17, 15) is 24.1 Å². The summed E-state index contributed by atoms with van der Waals surface area (Å²) in [6.07, 6.45) is -0.651. The van der Waals surface area contributed by atoms with Crippen LogP contribution < -0.4 is 0 Å². The number of halogens is 2. The summed E-state index contributed by atoms with van der Waals surface area (Å²) in [7, 11) is 0. The zero-order valence-corrected chi connectivity index (χ0v) is 11.0. The van der Waals surface area contributed by atoms with E-state index in [1.165, 1.54) is 12.2 Å². The minimum atomic E-state index is -4.08. The van der Waals surface area contributed by atoms with Crippen LogP contribution in [0.5, 0.6) is 0 Å². The van der Waals surface area contributed by atoms with E-state index in [1.54, 1.807) is 30.3 Å². The van der Waals surface area contributed by atoms with Gasteiger partial charge in [-0.05, 0) is 17.2 Å². The summed E-state index contributed by atoms with van der Waals surface area (Å²) in [6.45, 7) is -1.37. The van der Waals surface area contributed by atoms with Gasteiger partial charge in [0.1, 0.15) is 12.2 Å². The van der Waals surface area contributed by atoms with Crippen molar-refractivity contribution in [1.82, 2.24) is 0 Å². The second kappa shape index (κ2) is 5.65. The summed E-state index contributed by atoms with van der Waals surface area (Å²) in [5.41, 5.74) is -2.60. The molecule has 0 heterocycles. The van der Waals surface area contributed by atoms with Crippen molar-refractivity contribution in [2.24, 2.45) is 0 Å². The van der Waals surface area contributed by atoms with E-state index >= 15 is 0 Å². The number of aliphatic hydroxyl groups is 4. The van der Waals surface area contributed by atoms with Gasteiger partial charge in [0.15, 0.2) is 5.60 Å². The number of aliphatic hydroxyl groups excluding tert-OH is 3. The SMILES string of the molecule is OC[C@@]1(O)[C@H](O)C=C(/C=C/c2ccccc2)[C@@H](O)C1(F)F. The van der Waals surface area contributed by atoms with Crippen molar-refractivity contribution in [1.29, 1.82) is 0 Å². The molecule has 6 heteroatoms. The first-order valence-corrected chi connectivity index (χ1v) is 6.35. The smallest absolute Gasteiger partial charge is 0.310 e. The Balaban J connectivity index is 2.33. The molecule has 0 saturated heterocycles. The highest BCUT2D eigenvalue weighted by Gasteiger charge is 2.63. The minimum Gasteiger partial charge on any atom is -0.393 e. The van der Waals surface area contributed by atoms with Crippen LogP contribution in [0.2, 0.25) is 0 Å². The molecule has 0 unspecified atom stereocenters. The third kappa shape index (κ3) is 2.63. The van der Waals surface area contributed by atoms with Gasteiger partial charge >= 0.3 is 5.92 Å². The van der Waals surface area contributed by atoms with Crippen LogP contribution in [0.15, 0.2) is 48.1 Å². The maximum atomic E-state index is 14.0. The summed E-state index contributed by atoms with van der Waals surface area (Å²) in [5.74, 6) is -4.08. The first-order valence-electron chi connectivity index (χ1n) is 6.35. The van der Waals surface area contributed by atoms with Crippen LogP contribution in [0, 0.1) is 0 Å². The van der Waals surface area contributed by atoms with E-state index in [4.69, 9.17) is 5.11 Å². The van der Waals surface area contributed by atoms with Crippen LogP contribution in [-0.4, -0.2) is 50.8 Å². The molecule has 1 aromatic carbocycles. The Morgan fingerprint density at radius 3 is 2.29 bits per heavy atom. The van der Waals surface area contributed by atoms with Crippen LogP contribution in [0.4, 0.5) is 8.78 Å². The van der Waals surface area contributed by atoms with E-state index < -0.39 is 30.3 Å². The number of hydrogen-bond donors (Lipinski definition) is 4. The summed E-state index contributed by atoms with van der Waals surface area (Å²) >= 11 is 0. The van der Waals surface area contributed by atoms with Crippen LogP contribution in [0.3, 0.4) is 0 Å². The molecular weight excluding hydrogens is 282 g/mol. The second-order valence-electron chi connectivity index (χ2n) is 4.96. The van der Waals surface area contributed by atoms with Crippen molar-refractivity contribution in [3.05, 3.63) is 53.6 Å². The lowest BCUT2D eigenvalue weighted by Gasteiger charge is -2.43. The van der Waals surface area contributed by atoms with E-state index in [1.807, 2.05) is 0 Å². The first-order chi connectivity index (χ1) is 9.83. The molecule has 2 rings (SSSR count). The van der Waals surface area contributed by atoms with Crippen LogP contribution in [-0.2, 0) is 0 Å². The highest BCUT2D eigenvalue weighted by Crippen LogP contribution is 2.42. The molecule has 114 valence electrons. The fourth-order valence-corrected chi connectivity index (χ4v) is 2.16. The second-order valence-corrected chi connectivity index (χ2v) is 4.96. The summed E-state index contributed by atoms with van der Waals surface area (Å²) < 4.78 is 28.0. The quantitative estimate of drug-likeness (QED) is 0.663. The van der Waals surface area contributed by atoms with Gasteiger partial charge in [-0.15, -0.1) is 0 Å². The van der Waals surface area contributed by atoms with Gasteiger partial charge in [0.2, 0.25) is 0 Å². The fraction of sp³-hybridized carbons (Fsp3) is 0.333. The molecule has 3 atom stereocenters. The van der Waals surface area contributed by atoms with Gasteiger partial charge in [-0.25, -0.2) is 0 Å². The standard InChI is InChI=1S/C15H16F2O4/c16-15(17)13(20)11(8-12(19)14(15,21)9-18)7-6-10-4-2-1-3-5-10/h1-8,12-13,18-21H,9H2/b7-6+/t12-,13-,14-/m1/s1. The molecule has 0 amide bonds. The van der Waals surface area contributed by atoms with Crippen molar-refractivity contribution < 1.29 is 29.2 Å². The van der Waals surface area contributed by atoms with Crippen LogP contribution in [0.25, 0.3) is 6.08 Å². The van der Waals surface area contributed by atoms with E-state index in [-0.39, 0.29) is 5.57 Å². The van der Waals surface area contributed by atoms with Gasteiger partial charge in [-0.1, -0.05) is 42.5 Å². The molecule has 0 fully saturated rings. The zero-order valence-electron chi connectivity index (χ0n) is 11.0. The zero-order chi connectivity index (χ0) is 15.7. The molecule has 4 nitrogen and oxygen atoms in total. The Hall–Kier alpha value is -1.60. The predicted octanol–water partition coefficient (Wildman–Crippen LogP) is 0.720. The summed E-state index contributed by atoms with van der Waals surface area (Å²) in [6, 6.07) is 8.81. The summed E-state index contributed by atoms with van der Waals surface area (Å²) in [4.78, 5) is 0. The molecular formula is C15H16F2O4. The van der Waals surface area contributed by atoms with E-state index in [0.717, 1.165) is 11.6 Å². The normalized spacial score (nSPS) is 32.2. The van der Waals surface area contributed by atoms with Gasteiger partial charge in [-0.2, -0.15) is 8.78 Å². The number of hydrogen-bond acceptors (Lipinski definition) is 4. The number of benzene rings is 1. The number of rotatable bonds is 3. The molecule has 0 aromatic heterocycles. The third-order valence-corrected chi connectivity index (χ3v) is 3.58. The monoisotopic (exact) mass is 298 g/mol. The van der Waals surface area contributed by atoms with Crippen LogP contribution >= 0.6 is 0 Å². The molecule has 21 heavy (non-hydrogen) atoms. The largest absolute Gasteiger partial charge is 0.393 e. The summed E-state index contributed by atoms with van der Waals surface area (Å²) in [5, 5.41) is 37.9. The molecule has 0 saturated carbocycles. The Bertz CT molecular complexity index is 556. The van der Waals surface area contributed by atoms with E-state index in [2.05, 4.69) is 0 Å². The van der Waals surface area contributed by atoms with Crippen LogP contribution in [0.1, 0.15) is 5.56 Å². The fourth-order valence-electron chi connectivity index (χ4n) is 2.16. The first kappa shape index (κ1) is 15.8. The number of alkyl halides is 2. The highest BCUT2D eigenvalue weighted by molar-refractivity contribution is 5.54. The maximum Gasteiger partial charge on any atom is 0.310 e. The average molecular weight is 298 g/mol. The van der Waals surface area contributed by atoms with E-state index in [0.29, 0.717) is 0 Å². The molecule has 4 N–H and O–H groups in total. The van der Waals surface area contributed by atoms with Crippen molar-refractivity contribution in [3.63, 3.8) is 0 Å². The molecule has 0 radical (unpaired) electrons. The molecule has 0 spiro atoms. The van der Waals surface area contributed by atoms with Gasteiger partial charge in [0.05, 0.1) is 6.61 Å².